The highest BCUT2D eigenvalue weighted by Gasteiger charge is 2.32. The highest BCUT2D eigenvalue weighted by molar-refractivity contribution is 6.45. The molecule has 5 nitrogen and oxygen atoms in total. The molecular formula is C17H15Cl2NO4. The van der Waals surface area contributed by atoms with Crippen molar-refractivity contribution in [1.29, 1.82) is 0 Å². The second kappa shape index (κ2) is 8.13. The number of hydrogen-bond donors (Lipinski definition) is 1. The first-order valence-corrected chi connectivity index (χ1v) is 7.92. The number of ether oxygens (including phenoxy) is 1. The fraction of sp³-hybridized carbons (Fsp3) is 0.235. The van der Waals surface area contributed by atoms with E-state index in [1.165, 1.54) is 0 Å². The number of benzene rings is 1. The van der Waals surface area contributed by atoms with E-state index in [9.17, 15) is 9.59 Å². The molecule has 3 rings (SSSR count). The summed E-state index contributed by atoms with van der Waals surface area (Å²) in [5.74, 6) is -1.08. The normalized spacial score (nSPS) is 15.3. The predicted octanol–water partition coefficient (Wildman–Crippen LogP) is 3.91. The Morgan fingerprint density at radius 2 is 1.96 bits per heavy atom. The first-order valence-electron chi connectivity index (χ1n) is 7.16. The Bertz CT molecular complexity index is 723. The van der Waals surface area contributed by atoms with Crippen molar-refractivity contribution < 1.29 is 19.4 Å². The summed E-state index contributed by atoms with van der Waals surface area (Å²) in [5, 5.41) is 8.78. The van der Waals surface area contributed by atoms with Gasteiger partial charge >= 0.3 is 5.97 Å². The van der Waals surface area contributed by atoms with Crippen molar-refractivity contribution in [1.82, 2.24) is 4.98 Å². The molecule has 1 aliphatic carbocycles. The number of halogens is 2. The number of hydrogen-bond acceptors (Lipinski definition) is 4. The summed E-state index contributed by atoms with van der Waals surface area (Å²) in [6, 6.07) is 7.31. The van der Waals surface area contributed by atoms with Crippen molar-refractivity contribution in [3.05, 3.63) is 57.8 Å². The first-order chi connectivity index (χ1) is 11.4. The molecule has 0 radical (unpaired) electrons. The molecule has 0 saturated heterocycles. The lowest BCUT2D eigenvalue weighted by atomic mass is 10.1. The number of nitrogens with zero attached hydrogens (tertiary/aromatic N) is 1. The van der Waals surface area contributed by atoms with E-state index in [-0.39, 0.29) is 27.5 Å². The van der Waals surface area contributed by atoms with Gasteiger partial charge in [0.1, 0.15) is 10.8 Å². The van der Waals surface area contributed by atoms with Gasteiger partial charge in [-0.2, -0.15) is 0 Å². The van der Waals surface area contributed by atoms with Crippen molar-refractivity contribution in [3.63, 3.8) is 0 Å². The lowest BCUT2D eigenvalue weighted by Crippen LogP contribution is -2.10. The summed E-state index contributed by atoms with van der Waals surface area (Å²) in [5.41, 5.74) is 1.18. The van der Waals surface area contributed by atoms with Crippen molar-refractivity contribution in [3.8, 4) is 5.75 Å². The Labute approximate surface area is 149 Å². The van der Waals surface area contributed by atoms with Crippen molar-refractivity contribution in [2.45, 2.75) is 13.3 Å². The van der Waals surface area contributed by atoms with Crippen LogP contribution in [-0.4, -0.2) is 28.4 Å². The average Bonchev–Trinajstić information content (AvgIpc) is 2.86. The number of fused-ring (bicyclic) bond motifs is 1. The molecule has 1 N–H and O–H groups in total. The van der Waals surface area contributed by atoms with E-state index in [4.69, 9.17) is 33.0 Å². The minimum Gasteiger partial charge on any atom is -0.480 e. The molecule has 24 heavy (non-hydrogen) atoms. The Balaban J connectivity index is 0.000000292. The molecule has 2 aromatic rings. The minimum atomic E-state index is -1.10. The van der Waals surface area contributed by atoms with Crippen LogP contribution in [0.15, 0.2) is 36.7 Å². The van der Waals surface area contributed by atoms with Gasteiger partial charge in [0.05, 0.1) is 5.02 Å². The molecular weight excluding hydrogens is 353 g/mol. The number of carboxylic acid groups (broad SMARTS) is 1. The van der Waals surface area contributed by atoms with Crippen LogP contribution < -0.4 is 4.74 Å². The minimum absolute atomic E-state index is 0.0401. The molecule has 1 aromatic heterocycles. The van der Waals surface area contributed by atoms with Crippen LogP contribution in [0.4, 0.5) is 0 Å². The molecule has 1 aliphatic rings. The Kier molecular flexibility index (Phi) is 6.17. The van der Waals surface area contributed by atoms with E-state index in [2.05, 4.69) is 4.98 Å². The van der Waals surface area contributed by atoms with E-state index in [1.807, 2.05) is 25.1 Å². The van der Waals surface area contributed by atoms with Crippen LogP contribution in [0, 0.1) is 5.92 Å². The van der Waals surface area contributed by atoms with Crippen molar-refractivity contribution >= 4 is 35.0 Å². The third-order valence-electron chi connectivity index (χ3n) is 3.39. The summed E-state index contributed by atoms with van der Waals surface area (Å²) in [4.78, 5) is 26.1. The molecule has 1 atom stereocenters. The second-order valence-electron chi connectivity index (χ2n) is 5.21. The zero-order valence-electron chi connectivity index (χ0n) is 12.8. The smallest absolute Gasteiger partial charge is 0.341 e. The number of Topliss-reactive ketones (excluding diaryl/α,β-unsaturated/α-hetero) is 1. The SMILES string of the molecule is CC1Cc2cc(OCC(=O)O)c(Cl)c(Cl)c2C1=O.c1ccncc1. The molecule has 1 heterocycles. The third kappa shape index (κ3) is 4.24. The molecule has 0 amide bonds. The lowest BCUT2D eigenvalue weighted by Gasteiger charge is -2.10. The van der Waals surface area contributed by atoms with Gasteiger partial charge in [-0.25, -0.2) is 4.79 Å². The van der Waals surface area contributed by atoms with Crippen molar-refractivity contribution in [2.24, 2.45) is 5.92 Å². The lowest BCUT2D eigenvalue weighted by molar-refractivity contribution is -0.139. The van der Waals surface area contributed by atoms with Crippen LogP contribution in [0.5, 0.6) is 5.75 Å². The molecule has 0 aliphatic heterocycles. The molecule has 7 heteroatoms. The molecule has 1 unspecified atom stereocenters. The highest BCUT2D eigenvalue weighted by Crippen LogP contribution is 2.42. The number of rotatable bonds is 3. The number of aliphatic carboxylic acids is 1. The van der Waals surface area contributed by atoms with Crippen LogP contribution in [0.2, 0.25) is 10.0 Å². The summed E-state index contributed by atoms with van der Waals surface area (Å²) in [6.07, 6.45) is 4.06. The van der Waals surface area contributed by atoms with Gasteiger partial charge in [0.15, 0.2) is 12.4 Å². The van der Waals surface area contributed by atoms with E-state index in [1.54, 1.807) is 18.5 Å². The largest absolute Gasteiger partial charge is 0.480 e. The van der Waals surface area contributed by atoms with Crippen LogP contribution in [-0.2, 0) is 11.2 Å². The van der Waals surface area contributed by atoms with Crippen molar-refractivity contribution in [2.75, 3.05) is 6.61 Å². The van der Waals surface area contributed by atoms with Crippen LogP contribution in [0.3, 0.4) is 0 Å². The molecule has 1 aromatic carbocycles. The topological polar surface area (TPSA) is 76.5 Å². The van der Waals surface area contributed by atoms with Crippen LogP contribution >= 0.6 is 23.2 Å². The molecule has 0 spiro atoms. The zero-order valence-corrected chi connectivity index (χ0v) is 14.3. The summed E-state index contributed by atoms with van der Waals surface area (Å²) in [6.45, 7) is 1.31. The number of pyridine rings is 1. The van der Waals surface area contributed by atoms with Gasteiger partial charge in [0.25, 0.3) is 0 Å². The standard InChI is InChI=1S/C12H10Cl2O4.C5H5N/c1-5-2-6-3-7(18-4-8(15)16)10(13)11(14)9(6)12(5)17;1-2-4-6-5-3-1/h3,5H,2,4H2,1H3,(H,15,16);1-5H. The number of carbonyl (C=O) groups excluding carboxylic acids is 1. The monoisotopic (exact) mass is 367 g/mol. The Morgan fingerprint density at radius 1 is 1.29 bits per heavy atom. The first kappa shape index (κ1) is 18.2. The maximum absolute atomic E-state index is 11.9. The highest BCUT2D eigenvalue weighted by atomic mass is 35.5. The third-order valence-corrected chi connectivity index (χ3v) is 4.24. The fourth-order valence-electron chi connectivity index (χ4n) is 2.31. The van der Waals surface area contributed by atoms with E-state index >= 15 is 0 Å². The number of carboxylic acids is 1. The second-order valence-corrected chi connectivity index (χ2v) is 5.97. The average molecular weight is 368 g/mol. The van der Waals surface area contributed by atoms with Gasteiger partial charge < -0.3 is 9.84 Å². The van der Waals surface area contributed by atoms with Gasteiger partial charge in [-0.05, 0) is 30.2 Å². The fourth-order valence-corrected chi connectivity index (χ4v) is 2.82. The maximum atomic E-state index is 11.9. The molecule has 0 bridgehead atoms. The summed E-state index contributed by atoms with van der Waals surface area (Å²) < 4.78 is 5.05. The van der Waals surface area contributed by atoms with Gasteiger partial charge in [-0.15, -0.1) is 0 Å². The van der Waals surface area contributed by atoms with E-state index < -0.39 is 12.6 Å². The van der Waals surface area contributed by atoms with Gasteiger partial charge in [0.2, 0.25) is 0 Å². The predicted molar refractivity (Wildman–Crippen MR) is 91.0 cm³/mol. The number of carbonyl (C=O) groups is 2. The number of ketones is 1. The van der Waals surface area contributed by atoms with Gasteiger partial charge in [-0.1, -0.05) is 36.2 Å². The maximum Gasteiger partial charge on any atom is 0.341 e. The molecule has 0 saturated carbocycles. The van der Waals surface area contributed by atoms with Crippen LogP contribution in [0.25, 0.3) is 0 Å². The van der Waals surface area contributed by atoms with E-state index in [0.29, 0.717) is 12.0 Å². The Hall–Kier alpha value is -2.11. The summed E-state index contributed by atoms with van der Waals surface area (Å²) in [7, 11) is 0. The van der Waals surface area contributed by atoms with Gasteiger partial charge in [0, 0.05) is 23.9 Å². The molecule has 126 valence electrons. The Morgan fingerprint density at radius 3 is 2.46 bits per heavy atom. The quantitative estimate of drug-likeness (QED) is 0.889. The van der Waals surface area contributed by atoms with Gasteiger partial charge in [-0.3, -0.25) is 9.78 Å². The molecule has 0 fully saturated rings. The van der Waals surface area contributed by atoms with E-state index in [0.717, 1.165) is 5.56 Å². The summed E-state index contributed by atoms with van der Waals surface area (Å²) >= 11 is 12.0. The van der Waals surface area contributed by atoms with Crippen LogP contribution in [0.1, 0.15) is 22.8 Å². The number of aromatic nitrogens is 1. The zero-order chi connectivity index (χ0) is 17.7.